The van der Waals surface area contributed by atoms with Crippen LogP contribution in [0.3, 0.4) is 0 Å². The van der Waals surface area contributed by atoms with Gasteiger partial charge in [-0.3, -0.25) is 0 Å². The normalized spacial score (nSPS) is 13.1. The van der Waals surface area contributed by atoms with Gasteiger partial charge in [0.1, 0.15) is 5.82 Å². The minimum absolute atomic E-state index is 0.0254. The van der Waals surface area contributed by atoms with Crippen molar-refractivity contribution in [2.75, 3.05) is 13.7 Å². The van der Waals surface area contributed by atoms with Crippen LogP contribution in [0.2, 0.25) is 0 Å². The molecule has 1 atom stereocenters. The van der Waals surface area contributed by atoms with Gasteiger partial charge in [0.25, 0.3) is 0 Å². The molecule has 0 aliphatic carbocycles. The lowest BCUT2D eigenvalue weighted by atomic mass is 10.1. The summed E-state index contributed by atoms with van der Waals surface area (Å²) < 4.78 is 7.11. The summed E-state index contributed by atoms with van der Waals surface area (Å²) in [6.07, 6.45) is 1.85. The van der Waals surface area contributed by atoms with Gasteiger partial charge in [0.15, 0.2) is 0 Å². The number of nitrogens with zero attached hydrogens (tertiary/aromatic N) is 2. The van der Waals surface area contributed by atoms with Crippen molar-refractivity contribution in [3.8, 4) is 0 Å². The standard InChI is InChI=1S/C13H19N3O/c1-16-12-8-4-3-7-11(12)15-13(16)10(14)6-5-9-17-2/h3-4,7-8,10H,5-6,9,14H2,1-2H3. The topological polar surface area (TPSA) is 53.1 Å². The van der Waals surface area contributed by atoms with E-state index in [9.17, 15) is 0 Å². The molecule has 0 spiro atoms. The molecule has 0 bridgehead atoms. The molecule has 0 amide bonds. The molecule has 0 radical (unpaired) electrons. The van der Waals surface area contributed by atoms with Gasteiger partial charge in [-0.2, -0.15) is 0 Å². The first kappa shape index (κ1) is 12.1. The van der Waals surface area contributed by atoms with Crippen LogP contribution < -0.4 is 5.73 Å². The third-order valence-corrected chi connectivity index (χ3v) is 3.02. The Bertz CT molecular complexity index is 492. The third kappa shape index (κ3) is 2.48. The Morgan fingerprint density at radius 1 is 1.41 bits per heavy atom. The Kier molecular flexibility index (Phi) is 3.76. The lowest BCUT2D eigenvalue weighted by Crippen LogP contribution is -2.15. The highest BCUT2D eigenvalue weighted by atomic mass is 16.5. The van der Waals surface area contributed by atoms with Gasteiger partial charge in [-0.05, 0) is 25.0 Å². The minimum Gasteiger partial charge on any atom is -0.385 e. The molecule has 1 aromatic heterocycles. The molecule has 0 saturated heterocycles. The number of hydrogen-bond acceptors (Lipinski definition) is 3. The molecule has 4 nitrogen and oxygen atoms in total. The maximum Gasteiger partial charge on any atom is 0.126 e. The fourth-order valence-corrected chi connectivity index (χ4v) is 2.07. The first-order valence-electron chi connectivity index (χ1n) is 5.90. The predicted molar refractivity (Wildman–Crippen MR) is 68.8 cm³/mol. The number of ether oxygens (including phenoxy) is 1. The van der Waals surface area contributed by atoms with Gasteiger partial charge in [-0.25, -0.2) is 4.98 Å². The summed E-state index contributed by atoms with van der Waals surface area (Å²) in [5.41, 5.74) is 8.30. The number of methoxy groups -OCH3 is 1. The third-order valence-electron chi connectivity index (χ3n) is 3.02. The van der Waals surface area contributed by atoms with Crippen LogP contribution in [0, 0.1) is 0 Å². The van der Waals surface area contributed by atoms with Crippen LogP contribution in [-0.4, -0.2) is 23.3 Å². The number of aryl methyl sites for hydroxylation is 1. The van der Waals surface area contributed by atoms with E-state index in [-0.39, 0.29) is 6.04 Å². The fourth-order valence-electron chi connectivity index (χ4n) is 2.07. The van der Waals surface area contributed by atoms with Crippen molar-refractivity contribution < 1.29 is 4.74 Å². The van der Waals surface area contributed by atoms with E-state index in [0.29, 0.717) is 0 Å². The summed E-state index contributed by atoms with van der Waals surface area (Å²) in [4.78, 5) is 4.59. The van der Waals surface area contributed by atoms with Crippen LogP contribution >= 0.6 is 0 Å². The zero-order valence-electron chi connectivity index (χ0n) is 10.4. The van der Waals surface area contributed by atoms with Crippen molar-refractivity contribution in [1.82, 2.24) is 9.55 Å². The van der Waals surface area contributed by atoms with Gasteiger partial charge in [0, 0.05) is 20.8 Å². The van der Waals surface area contributed by atoms with Gasteiger partial charge in [-0.15, -0.1) is 0 Å². The number of rotatable bonds is 5. The Hall–Kier alpha value is -1.39. The Morgan fingerprint density at radius 3 is 2.88 bits per heavy atom. The highest BCUT2D eigenvalue weighted by molar-refractivity contribution is 5.75. The van der Waals surface area contributed by atoms with Gasteiger partial charge < -0.3 is 15.0 Å². The monoisotopic (exact) mass is 233 g/mol. The maximum atomic E-state index is 6.16. The van der Waals surface area contributed by atoms with Crippen LogP contribution in [0.25, 0.3) is 11.0 Å². The maximum absolute atomic E-state index is 6.16. The zero-order valence-corrected chi connectivity index (χ0v) is 10.4. The first-order chi connectivity index (χ1) is 8.24. The van der Waals surface area contributed by atoms with E-state index in [1.54, 1.807) is 7.11 Å². The number of aromatic nitrogens is 2. The highest BCUT2D eigenvalue weighted by Gasteiger charge is 2.14. The summed E-state index contributed by atoms with van der Waals surface area (Å²) in [7, 11) is 3.72. The van der Waals surface area contributed by atoms with E-state index in [0.717, 1.165) is 36.3 Å². The minimum atomic E-state index is -0.0254. The molecule has 2 aromatic rings. The van der Waals surface area contributed by atoms with E-state index < -0.39 is 0 Å². The molecule has 92 valence electrons. The number of benzene rings is 1. The molecule has 17 heavy (non-hydrogen) atoms. The summed E-state index contributed by atoms with van der Waals surface area (Å²) in [6, 6.07) is 8.07. The highest BCUT2D eigenvalue weighted by Crippen LogP contribution is 2.20. The summed E-state index contributed by atoms with van der Waals surface area (Å²) >= 11 is 0. The van der Waals surface area contributed by atoms with E-state index in [4.69, 9.17) is 10.5 Å². The summed E-state index contributed by atoms with van der Waals surface area (Å²) in [6.45, 7) is 0.748. The van der Waals surface area contributed by atoms with Gasteiger partial charge in [0.05, 0.1) is 17.1 Å². The second-order valence-electron chi connectivity index (χ2n) is 4.26. The molecule has 1 unspecified atom stereocenters. The van der Waals surface area contributed by atoms with Gasteiger partial charge in [-0.1, -0.05) is 12.1 Å². The largest absolute Gasteiger partial charge is 0.385 e. The van der Waals surface area contributed by atoms with Crippen molar-refractivity contribution in [1.29, 1.82) is 0 Å². The number of nitrogens with two attached hydrogens (primary N) is 1. The van der Waals surface area contributed by atoms with Crippen molar-refractivity contribution in [3.05, 3.63) is 30.1 Å². The quantitative estimate of drug-likeness (QED) is 0.804. The molecule has 0 fully saturated rings. The second-order valence-corrected chi connectivity index (χ2v) is 4.26. The molecule has 0 aliphatic heterocycles. The van der Waals surface area contributed by atoms with Crippen LogP contribution in [0.1, 0.15) is 24.7 Å². The van der Waals surface area contributed by atoms with E-state index in [1.165, 1.54) is 0 Å². The van der Waals surface area contributed by atoms with Crippen molar-refractivity contribution >= 4 is 11.0 Å². The van der Waals surface area contributed by atoms with Gasteiger partial charge >= 0.3 is 0 Å². The summed E-state index contributed by atoms with van der Waals surface area (Å²) in [5, 5.41) is 0. The van der Waals surface area contributed by atoms with Crippen molar-refractivity contribution in [2.45, 2.75) is 18.9 Å². The van der Waals surface area contributed by atoms with Crippen LogP contribution in [0.15, 0.2) is 24.3 Å². The predicted octanol–water partition coefficient (Wildman–Crippen LogP) is 2.00. The number of para-hydroxylation sites is 2. The van der Waals surface area contributed by atoms with Crippen molar-refractivity contribution in [3.63, 3.8) is 0 Å². The smallest absolute Gasteiger partial charge is 0.126 e. The Balaban J connectivity index is 2.20. The summed E-state index contributed by atoms with van der Waals surface area (Å²) in [5.74, 6) is 0.947. The Morgan fingerprint density at radius 2 is 2.18 bits per heavy atom. The van der Waals surface area contributed by atoms with Crippen molar-refractivity contribution in [2.24, 2.45) is 12.8 Å². The molecular weight excluding hydrogens is 214 g/mol. The average Bonchev–Trinajstić information content (AvgIpc) is 2.68. The lowest BCUT2D eigenvalue weighted by molar-refractivity contribution is 0.190. The molecule has 1 heterocycles. The van der Waals surface area contributed by atoms with E-state index in [2.05, 4.69) is 15.6 Å². The van der Waals surface area contributed by atoms with Crippen LogP contribution in [0.5, 0.6) is 0 Å². The lowest BCUT2D eigenvalue weighted by Gasteiger charge is -2.11. The first-order valence-corrected chi connectivity index (χ1v) is 5.90. The van der Waals surface area contributed by atoms with E-state index >= 15 is 0 Å². The molecule has 2 N–H and O–H groups in total. The number of hydrogen-bond donors (Lipinski definition) is 1. The second kappa shape index (κ2) is 5.29. The fraction of sp³-hybridized carbons (Fsp3) is 0.462. The molecule has 2 rings (SSSR count). The molecule has 0 saturated carbocycles. The van der Waals surface area contributed by atoms with E-state index in [1.807, 2.05) is 25.2 Å². The average molecular weight is 233 g/mol. The molecule has 0 aliphatic rings. The van der Waals surface area contributed by atoms with Crippen LogP contribution in [0.4, 0.5) is 0 Å². The number of imidazole rings is 1. The Labute approximate surface area is 101 Å². The number of fused-ring (bicyclic) bond motifs is 1. The molecule has 1 aromatic carbocycles. The van der Waals surface area contributed by atoms with Crippen LogP contribution in [-0.2, 0) is 11.8 Å². The van der Waals surface area contributed by atoms with Gasteiger partial charge in [0.2, 0.25) is 0 Å². The SMILES string of the molecule is COCCCC(N)c1nc2ccccc2n1C. The molecular formula is C13H19N3O. The molecule has 4 heteroatoms. The zero-order chi connectivity index (χ0) is 12.3.